The van der Waals surface area contributed by atoms with Gasteiger partial charge in [0, 0.05) is 23.7 Å². The molecule has 0 saturated carbocycles. The molecule has 1 aliphatic heterocycles. The van der Waals surface area contributed by atoms with Crippen molar-refractivity contribution in [3.05, 3.63) is 28.7 Å². The topological polar surface area (TPSA) is 76.1 Å². The molecule has 0 bridgehead atoms. The van der Waals surface area contributed by atoms with Crippen LogP contribution in [0.25, 0.3) is 10.7 Å². The molecule has 1 saturated heterocycles. The van der Waals surface area contributed by atoms with Gasteiger partial charge in [0.25, 0.3) is 0 Å². The first-order valence-electron chi connectivity index (χ1n) is 7.53. The Morgan fingerprint density at radius 3 is 2.74 bits per heavy atom. The van der Waals surface area contributed by atoms with E-state index in [1.54, 1.807) is 22.0 Å². The molecule has 8 heteroatoms. The van der Waals surface area contributed by atoms with Crippen LogP contribution in [0.5, 0.6) is 0 Å². The van der Waals surface area contributed by atoms with Crippen LogP contribution < -0.4 is 0 Å². The molecule has 6 nitrogen and oxygen atoms in total. The van der Waals surface area contributed by atoms with Crippen molar-refractivity contribution in [2.75, 3.05) is 19.3 Å². The van der Waals surface area contributed by atoms with Gasteiger partial charge in [-0.05, 0) is 38.7 Å². The van der Waals surface area contributed by atoms with Gasteiger partial charge < -0.3 is 0 Å². The highest BCUT2D eigenvalue weighted by Gasteiger charge is 2.28. The maximum absolute atomic E-state index is 11.6. The lowest BCUT2D eigenvalue weighted by Crippen LogP contribution is -2.27. The molecule has 3 rings (SSSR count). The van der Waals surface area contributed by atoms with Gasteiger partial charge in [0.2, 0.25) is 10.0 Å². The number of thiazole rings is 1. The molecule has 0 amide bonds. The highest BCUT2D eigenvalue weighted by atomic mass is 32.2. The van der Waals surface area contributed by atoms with Crippen LogP contribution in [0.1, 0.15) is 22.7 Å². The van der Waals surface area contributed by atoms with Gasteiger partial charge >= 0.3 is 0 Å². The van der Waals surface area contributed by atoms with Gasteiger partial charge in [-0.1, -0.05) is 0 Å². The van der Waals surface area contributed by atoms with Crippen molar-refractivity contribution in [2.45, 2.75) is 26.7 Å². The van der Waals surface area contributed by atoms with Crippen LogP contribution in [0.3, 0.4) is 0 Å². The van der Waals surface area contributed by atoms with E-state index in [2.05, 4.69) is 21.9 Å². The van der Waals surface area contributed by atoms with Gasteiger partial charge in [0.15, 0.2) is 0 Å². The van der Waals surface area contributed by atoms with E-state index in [0.717, 1.165) is 34.9 Å². The summed E-state index contributed by atoms with van der Waals surface area (Å²) < 4.78 is 24.7. The molecule has 3 heterocycles. The second-order valence-corrected chi connectivity index (χ2v) is 9.22. The molecule has 1 fully saturated rings. The average molecular weight is 352 g/mol. The minimum absolute atomic E-state index is 0.312. The van der Waals surface area contributed by atoms with Crippen LogP contribution >= 0.6 is 11.3 Å². The second kappa shape index (κ2) is 6.26. The van der Waals surface area contributed by atoms with E-state index in [1.165, 1.54) is 11.1 Å². The Kier molecular flexibility index (Phi) is 4.48. The first kappa shape index (κ1) is 16.5. The molecular weight excluding hydrogens is 332 g/mol. The van der Waals surface area contributed by atoms with Gasteiger partial charge in [0.05, 0.1) is 11.9 Å². The summed E-state index contributed by atoms with van der Waals surface area (Å²) in [5.41, 5.74) is 2.82. The van der Waals surface area contributed by atoms with E-state index in [9.17, 15) is 8.42 Å². The van der Waals surface area contributed by atoms with Crippen molar-refractivity contribution >= 4 is 21.4 Å². The zero-order chi connectivity index (χ0) is 16.6. The summed E-state index contributed by atoms with van der Waals surface area (Å²) >= 11 is 1.63. The minimum atomic E-state index is -3.09. The fourth-order valence-electron chi connectivity index (χ4n) is 2.77. The number of rotatable bonds is 4. The Hall–Kier alpha value is -1.38. The highest BCUT2D eigenvalue weighted by molar-refractivity contribution is 7.88. The number of hydrogen-bond acceptors (Lipinski definition) is 6. The van der Waals surface area contributed by atoms with Crippen molar-refractivity contribution in [3.63, 3.8) is 0 Å². The van der Waals surface area contributed by atoms with Gasteiger partial charge in [-0.2, -0.15) is 0 Å². The van der Waals surface area contributed by atoms with E-state index in [0.29, 0.717) is 19.0 Å². The molecule has 124 valence electrons. The molecule has 2 aromatic heterocycles. The lowest BCUT2D eigenvalue weighted by atomic mass is 10.0. The van der Waals surface area contributed by atoms with Crippen molar-refractivity contribution in [1.29, 1.82) is 0 Å². The van der Waals surface area contributed by atoms with Crippen LogP contribution in [-0.2, 0) is 16.4 Å². The summed E-state index contributed by atoms with van der Waals surface area (Å²) in [6.45, 7) is 5.23. The predicted octanol–water partition coefficient (Wildman–Crippen LogP) is 2.04. The van der Waals surface area contributed by atoms with Crippen LogP contribution in [0.2, 0.25) is 0 Å². The molecule has 1 aliphatic rings. The van der Waals surface area contributed by atoms with E-state index in [1.807, 2.05) is 13.0 Å². The van der Waals surface area contributed by atoms with E-state index < -0.39 is 10.0 Å². The Bertz CT molecular complexity index is 797. The summed E-state index contributed by atoms with van der Waals surface area (Å²) in [6.07, 6.45) is 4.48. The maximum atomic E-state index is 11.6. The molecular formula is C15H20N4O2S2. The quantitative estimate of drug-likeness (QED) is 0.842. The van der Waals surface area contributed by atoms with Crippen LogP contribution in [-0.4, -0.2) is 47.0 Å². The molecule has 0 N–H and O–H groups in total. The SMILES string of the molecule is Cc1nc(-c2cc(C[C@@H]3CCN(S(C)(=O)=O)C3)ncn2)sc1C. The Labute approximate surface area is 140 Å². The van der Waals surface area contributed by atoms with Crippen molar-refractivity contribution < 1.29 is 8.42 Å². The predicted molar refractivity (Wildman–Crippen MR) is 90.8 cm³/mol. The molecule has 0 aromatic carbocycles. The zero-order valence-corrected chi connectivity index (χ0v) is 15.1. The number of nitrogens with zero attached hydrogens (tertiary/aromatic N) is 4. The van der Waals surface area contributed by atoms with Crippen molar-refractivity contribution in [2.24, 2.45) is 5.92 Å². The lowest BCUT2D eigenvalue weighted by Gasteiger charge is -2.13. The lowest BCUT2D eigenvalue weighted by molar-refractivity contribution is 0.459. The second-order valence-electron chi connectivity index (χ2n) is 6.04. The number of hydrogen-bond donors (Lipinski definition) is 0. The summed E-state index contributed by atoms with van der Waals surface area (Å²) in [4.78, 5) is 14.4. The fraction of sp³-hybridized carbons (Fsp3) is 0.533. The van der Waals surface area contributed by atoms with E-state index in [-0.39, 0.29) is 0 Å². The summed E-state index contributed by atoms with van der Waals surface area (Å²) in [6, 6.07) is 1.97. The van der Waals surface area contributed by atoms with Crippen LogP contribution in [0.15, 0.2) is 12.4 Å². The average Bonchev–Trinajstić information content (AvgIpc) is 3.07. The number of sulfonamides is 1. The third-order valence-electron chi connectivity index (χ3n) is 4.19. The Morgan fingerprint density at radius 2 is 2.13 bits per heavy atom. The number of aromatic nitrogens is 3. The third kappa shape index (κ3) is 3.76. The van der Waals surface area contributed by atoms with Crippen molar-refractivity contribution in [1.82, 2.24) is 19.3 Å². The van der Waals surface area contributed by atoms with Gasteiger partial charge in [-0.25, -0.2) is 27.7 Å². The van der Waals surface area contributed by atoms with Gasteiger partial charge in [-0.15, -0.1) is 11.3 Å². The smallest absolute Gasteiger partial charge is 0.211 e. The van der Waals surface area contributed by atoms with Crippen LogP contribution in [0.4, 0.5) is 0 Å². The first-order valence-corrected chi connectivity index (χ1v) is 10.2. The van der Waals surface area contributed by atoms with E-state index >= 15 is 0 Å². The van der Waals surface area contributed by atoms with E-state index in [4.69, 9.17) is 0 Å². The normalized spacial score (nSPS) is 19.3. The first-order chi connectivity index (χ1) is 10.8. The van der Waals surface area contributed by atoms with Gasteiger partial charge in [0.1, 0.15) is 17.0 Å². The third-order valence-corrected chi connectivity index (χ3v) is 6.55. The molecule has 0 unspecified atom stereocenters. The minimum Gasteiger partial charge on any atom is -0.241 e. The zero-order valence-electron chi connectivity index (χ0n) is 13.5. The van der Waals surface area contributed by atoms with Crippen molar-refractivity contribution in [3.8, 4) is 10.7 Å². The van der Waals surface area contributed by atoms with Gasteiger partial charge in [-0.3, -0.25) is 0 Å². The highest BCUT2D eigenvalue weighted by Crippen LogP contribution is 2.27. The molecule has 0 spiro atoms. The van der Waals surface area contributed by atoms with Crippen LogP contribution in [0, 0.1) is 19.8 Å². The molecule has 23 heavy (non-hydrogen) atoms. The molecule has 0 aliphatic carbocycles. The standard InChI is InChI=1S/C15H20N4O2S2/c1-10-11(2)22-15(18-10)14-7-13(16-9-17-14)6-12-4-5-19(8-12)23(3,20)21/h7,9,12H,4-6,8H2,1-3H3/t12-/m0/s1. The molecule has 2 aromatic rings. The Balaban J connectivity index is 1.74. The summed E-state index contributed by atoms with van der Waals surface area (Å²) in [5, 5.41) is 0.910. The fourth-order valence-corrected chi connectivity index (χ4v) is 4.57. The Morgan fingerprint density at radius 1 is 1.35 bits per heavy atom. The number of aryl methyl sites for hydroxylation is 2. The summed E-state index contributed by atoms with van der Waals surface area (Å²) in [5.74, 6) is 0.312. The molecule has 1 atom stereocenters. The molecule has 0 radical (unpaired) electrons. The monoisotopic (exact) mass is 352 g/mol. The summed E-state index contributed by atoms with van der Waals surface area (Å²) in [7, 11) is -3.09. The maximum Gasteiger partial charge on any atom is 0.211 e. The largest absolute Gasteiger partial charge is 0.241 e.